The second kappa shape index (κ2) is 8.48. The number of hydrogen-bond donors (Lipinski definition) is 2. The number of hydrogen-bond acceptors (Lipinski definition) is 3. The van der Waals surface area contributed by atoms with E-state index in [1.54, 1.807) is 11.9 Å². The molecule has 0 aromatic heterocycles. The molecule has 0 aliphatic heterocycles. The van der Waals surface area contributed by atoms with Crippen molar-refractivity contribution in [1.29, 1.82) is 0 Å². The first kappa shape index (κ1) is 17.2. The van der Waals surface area contributed by atoms with Gasteiger partial charge in [0.25, 0.3) is 0 Å². The number of nitrogens with zero attached hydrogens (tertiary/aromatic N) is 1. The molecule has 0 heterocycles. The highest BCUT2D eigenvalue weighted by atomic mass is 16.2. The standard InChI is InChI=1S/C18H25N3O2/c1-21(13-14-8-4-2-5-9-14)16(22)12-20-18(23)17(19)15-10-6-3-7-11-15/h2-6,8-9,15,17H,7,10-13,19H2,1H3,(H,20,23). The number of nitrogens with one attached hydrogen (secondary N) is 1. The minimum Gasteiger partial charge on any atom is -0.346 e. The molecule has 1 aliphatic rings. The maximum atomic E-state index is 12.1. The van der Waals surface area contributed by atoms with Crippen molar-refractivity contribution in [3.63, 3.8) is 0 Å². The van der Waals surface area contributed by atoms with Crippen LogP contribution >= 0.6 is 0 Å². The fourth-order valence-electron chi connectivity index (χ4n) is 2.72. The van der Waals surface area contributed by atoms with Crippen molar-refractivity contribution < 1.29 is 9.59 Å². The largest absolute Gasteiger partial charge is 0.346 e. The molecule has 2 atom stereocenters. The van der Waals surface area contributed by atoms with E-state index < -0.39 is 6.04 Å². The first-order valence-electron chi connectivity index (χ1n) is 8.04. The Labute approximate surface area is 137 Å². The summed E-state index contributed by atoms with van der Waals surface area (Å²) in [5.74, 6) is -0.207. The summed E-state index contributed by atoms with van der Waals surface area (Å²) in [4.78, 5) is 25.8. The van der Waals surface area contributed by atoms with Crippen LogP contribution in [-0.2, 0) is 16.1 Å². The van der Waals surface area contributed by atoms with Crippen LogP contribution in [0.15, 0.2) is 42.5 Å². The van der Waals surface area contributed by atoms with Crippen LogP contribution < -0.4 is 11.1 Å². The van der Waals surface area contributed by atoms with Crippen LogP contribution in [0.2, 0.25) is 0 Å². The van der Waals surface area contributed by atoms with E-state index in [1.807, 2.05) is 30.3 Å². The SMILES string of the molecule is CN(Cc1ccccc1)C(=O)CNC(=O)C(N)C1CC=CCC1. The van der Waals surface area contributed by atoms with Crippen LogP contribution in [0.25, 0.3) is 0 Å². The zero-order valence-corrected chi connectivity index (χ0v) is 13.6. The highest BCUT2D eigenvalue weighted by molar-refractivity contribution is 5.87. The summed E-state index contributed by atoms with van der Waals surface area (Å²) in [7, 11) is 1.73. The Morgan fingerprint density at radius 2 is 2.04 bits per heavy atom. The van der Waals surface area contributed by atoms with Crippen LogP contribution in [0.3, 0.4) is 0 Å². The van der Waals surface area contributed by atoms with Gasteiger partial charge in [-0.05, 0) is 30.7 Å². The van der Waals surface area contributed by atoms with Gasteiger partial charge in [0, 0.05) is 13.6 Å². The lowest BCUT2D eigenvalue weighted by Gasteiger charge is -2.24. The van der Waals surface area contributed by atoms with Crippen LogP contribution in [0, 0.1) is 5.92 Å². The predicted molar refractivity (Wildman–Crippen MR) is 90.4 cm³/mol. The van der Waals surface area contributed by atoms with Crippen LogP contribution in [0.4, 0.5) is 0 Å². The molecule has 0 spiro atoms. The third-order valence-electron chi connectivity index (χ3n) is 4.22. The molecule has 1 aliphatic carbocycles. The van der Waals surface area contributed by atoms with E-state index >= 15 is 0 Å². The zero-order chi connectivity index (χ0) is 16.7. The van der Waals surface area contributed by atoms with Gasteiger partial charge >= 0.3 is 0 Å². The van der Waals surface area contributed by atoms with E-state index in [1.165, 1.54) is 0 Å². The summed E-state index contributed by atoms with van der Waals surface area (Å²) >= 11 is 0. The van der Waals surface area contributed by atoms with E-state index in [4.69, 9.17) is 5.73 Å². The summed E-state index contributed by atoms with van der Waals surface area (Å²) in [5.41, 5.74) is 7.06. The molecule has 124 valence electrons. The lowest BCUT2D eigenvalue weighted by Crippen LogP contribution is -2.48. The topological polar surface area (TPSA) is 75.4 Å². The molecule has 1 aromatic rings. The minimum atomic E-state index is -0.549. The fraction of sp³-hybridized carbons (Fsp3) is 0.444. The Kier molecular flexibility index (Phi) is 6.35. The second-order valence-electron chi connectivity index (χ2n) is 6.02. The Morgan fingerprint density at radius 3 is 2.70 bits per heavy atom. The number of carbonyl (C=O) groups is 2. The van der Waals surface area contributed by atoms with Crippen molar-refractivity contribution in [2.45, 2.75) is 31.8 Å². The van der Waals surface area contributed by atoms with E-state index in [2.05, 4.69) is 17.5 Å². The molecule has 5 heteroatoms. The molecular weight excluding hydrogens is 290 g/mol. The van der Waals surface area contributed by atoms with Crippen molar-refractivity contribution in [2.24, 2.45) is 11.7 Å². The van der Waals surface area contributed by atoms with E-state index in [0.717, 1.165) is 24.8 Å². The quantitative estimate of drug-likeness (QED) is 0.780. The third kappa shape index (κ3) is 5.21. The third-order valence-corrected chi connectivity index (χ3v) is 4.22. The Morgan fingerprint density at radius 1 is 1.30 bits per heavy atom. The molecule has 0 radical (unpaired) electrons. The Hall–Kier alpha value is -2.14. The highest BCUT2D eigenvalue weighted by Gasteiger charge is 2.25. The van der Waals surface area contributed by atoms with Crippen molar-refractivity contribution >= 4 is 11.8 Å². The Balaban J connectivity index is 1.76. The molecule has 0 saturated carbocycles. The zero-order valence-electron chi connectivity index (χ0n) is 13.6. The lowest BCUT2D eigenvalue weighted by atomic mass is 9.88. The maximum absolute atomic E-state index is 12.1. The smallest absolute Gasteiger partial charge is 0.242 e. The van der Waals surface area contributed by atoms with Gasteiger partial charge in [0.2, 0.25) is 11.8 Å². The fourth-order valence-corrected chi connectivity index (χ4v) is 2.72. The normalized spacial score (nSPS) is 18.3. The van der Waals surface area contributed by atoms with Crippen molar-refractivity contribution in [3.8, 4) is 0 Å². The van der Waals surface area contributed by atoms with Crippen molar-refractivity contribution in [1.82, 2.24) is 10.2 Å². The summed E-state index contributed by atoms with van der Waals surface area (Å²) in [5, 5.41) is 2.67. The van der Waals surface area contributed by atoms with Gasteiger partial charge in [0.1, 0.15) is 0 Å². The second-order valence-corrected chi connectivity index (χ2v) is 6.02. The highest BCUT2D eigenvalue weighted by Crippen LogP contribution is 2.20. The average Bonchev–Trinajstić information content (AvgIpc) is 2.60. The molecular formula is C18H25N3O2. The minimum absolute atomic E-state index is 0.0155. The summed E-state index contributed by atoms with van der Waals surface area (Å²) < 4.78 is 0. The Bertz CT molecular complexity index is 557. The number of carbonyl (C=O) groups excluding carboxylic acids is 2. The molecule has 5 nitrogen and oxygen atoms in total. The summed E-state index contributed by atoms with van der Waals surface area (Å²) in [6.07, 6.45) is 6.90. The van der Waals surface area contributed by atoms with Gasteiger partial charge in [-0.3, -0.25) is 9.59 Å². The van der Waals surface area contributed by atoms with E-state index in [-0.39, 0.29) is 24.3 Å². The van der Waals surface area contributed by atoms with Gasteiger partial charge in [-0.1, -0.05) is 42.5 Å². The molecule has 2 rings (SSSR count). The number of amides is 2. The number of likely N-dealkylation sites (N-methyl/N-ethyl adjacent to an activating group) is 1. The number of allylic oxidation sites excluding steroid dienone is 2. The van der Waals surface area contributed by atoms with Gasteiger partial charge in [-0.15, -0.1) is 0 Å². The van der Waals surface area contributed by atoms with Gasteiger partial charge in [-0.25, -0.2) is 0 Å². The number of rotatable bonds is 6. The molecule has 2 amide bonds. The summed E-state index contributed by atoms with van der Waals surface area (Å²) in [6, 6.07) is 9.20. The molecule has 2 unspecified atom stereocenters. The average molecular weight is 315 g/mol. The molecule has 0 bridgehead atoms. The molecule has 0 fully saturated rings. The van der Waals surface area contributed by atoms with Gasteiger partial charge in [0.15, 0.2) is 0 Å². The number of benzene rings is 1. The molecule has 1 aromatic carbocycles. The molecule has 0 saturated heterocycles. The first-order valence-corrected chi connectivity index (χ1v) is 8.04. The van der Waals surface area contributed by atoms with Crippen molar-refractivity contribution in [3.05, 3.63) is 48.0 Å². The van der Waals surface area contributed by atoms with Crippen LogP contribution in [0.1, 0.15) is 24.8 Å². The predicted octanol–water partition coefficient (Wildman–Crippen LogP) is 1.44. The maximum Gasteiger partial charge on any atom is 0.242 e. The lowest BCUT2D eigenvalue weighted by molar-refractivity contribution is -0.132. The number of nitrogens with two attached hydrogens (primary N) is 1. The van der Waals surface area contributed by atoms with Gasteiger partial charge in [-0.2, -0.15) is 0 Å². The van der Waals surface area contributed by atoms with Crippen LogP contribution in [-0.4, -0.2) is 36.3 Å². The van der Waals surface area contributed by atoms with Gasteiger partial charge < -0.3 is 16.0 Å². The molecule has 23 heavy (non-hydrogen) atoms. The van der Waals surface area contributed by atoms with Gasteiger partial charge in [0.05, 0.1) is 12.6 Å². The van der Waals surface area contributed by atoms with E-state index in [0.29, 0.717) is 6.54 Å². The first-order chi connectivity index (χ1) is 11.1. The van der Waals surface area contributed by atoms with Crippen LogP contribution in [0.5, 0.6) is 0 Å². The molecule has 3 N–H and O–H groups in total. The van der Waals surface area contributed by atoms with E-state index in [9.17, 15) is 9.59 Å². The monoisotopic (exact) mass is 315 g/mol. The van der Waals surface area contributed by atoms with Crippen molar-refractivity contribution in [2.75, 3.05) is 13.6 Å². The summed E-state index contributed by atoms with van der Waals surface area (Å²) in [6.45, 7) is 0.507.